The summed E-state index contributed by atoms with van der Waals surface area (Å²) in [7, 11) is 0. The number of likely N-dealkylation sites (tertiary alicyclic amines) is 1. The third-order valence-electron chi connectivity index (χ3n) is 3.09. The van der Waals surface area contributed by atoms with Crippen LogP contribution in [0.1, 0.15) is 18.9 Å². The summed E-state index contributed by atoms with van der Waals surface area (Å²) in [6.07, 6.45) is -3.95. The quantitative estimate of drug-likeness (QED) is 0.920. The van der Waals surface area contributed by atoms with Crippen molar-refractivity contribution >= 4 is 0 Å². The summed E-state index contributed by atoms with van der Waals surface area (Å²) in [6, 6.07) is 5.82. The van der Waals surface area contributed by atoms with Gasteiger partial charge in [-0.1, -0.05) is 12.1 Å². The molecule has 0 spiro atoms. The number of halogens is 3. The lowest BCUT2D eigenvalue weighted by molar-refractivity contribution is -0.274. The molecule has 0 bridgehead atoms. The topological polar surface area (TPSA) is 32.7 Å². The summed E-state index contributed by atoms with van der Waals surface area (Å²) in [4.78, 5) is 2.07. The highest BCUT2D eigenvalue weighted by Gasteiger charge is 2.32. The van der Waals surface area contributed by atoms with Crippen molar-refractivity contribution in [1.29, 1.82) is 0 Å². The SMILES string of the molecule is CC1(O)CCN(Cc2ccc(OC(F)(F)F)cc2)C1. The molecule has 0 radical (unpaired) electrons. The molecule has 1 aromatic carbocycles. The van der Waals surface area contributed by atoms with Crippen molar-refractivity contribution in [1.82, 2.24) is 4.90 Å². The normalized spacial score (nSPS) is 24.7. The van der Waals surface area contributed by atoms with Crippen LogP contribution in [-0.2, 0) is 6.54 Å². The van der Waals surface area contributed by atoms with E-state index in [1.165, 1.54) is 12.1 Å². The molecule has 2 rings (SSSR count). The van der Waals surface area contributed by atoms with Crippen LogP contribution in [0.15, 0.2) is 24.3 Å². The van der Waals surface area contributed by atoms with Gasteiger partial charge in [-0.2, -0.15) is 0 Å². The molecule has 0 amide bonds. The van der Waals surface area contributed by atoms with Crippen molar-refractivity contribution in [3.8, 4) is 5.75 Å². The van der Waals surface area contributed by atoms with E-state index in [0.29, 0.717) is 19.5 Å². The monoisotopic (exact) mass is 275 g/mol. The van der Waals surface area contributed by atoms with Crippen LogP contribution in [-0.4, -0.2) is 35.1 Å². The van der Waals surface area contributed by atoms with E-state index in [4.69, 9.17) is 0 Å². The first-order chi connectivity index (χ1) is 8.73. The number of hydrogen-bond acceptors (Lipinski definition) is 3. The molecule has 0 aromatic heterocycles. The minimum Gasteiger partial charge on any atom is -0.406 e. The van der Waals surface area contributed by atoms with E-state index in [2.05, 4.69) is 9.64 Å². The van der Waals surface area contributed by atoms with Gasteiger partial charge >= 0.3 is 6.36 Å². The Bertz CT molecular complexity index is 429. The molecule has 0 aliphatic carbocycles. The second kappa shape index (κ2) is 5.02. The van der Waals surface area contributed by atoms with Crippen molar-refractivity contribution in [2.24, 2.45) is 0 Å². The molecule has 1 heterocycles. The number of nitrogens with zero attached hydrogens (tertiary/aromatic N) is 1. The maximum atomic E-state index is 12.0. The summed E-state index contributed by atoms with van der Waals surface area (Å²) in [5.74, 6) is -0.218. The predicted molar refractivity (Wildman–Crippen MR) is 63.6 cm³/mol. The van der Waals surface area contributed by atoms with Crippen LogP contribution in [0.25, 0.3) is 0 Å². The van der Waals surface area contributed by atoms with Crippen LogP contribution in [0.3, 0.4) is 0 Å². The third-order valence-corrected chi connectivity index (χ3v) is 3.09. The van der Waals surface area contributed by atoms with Crippen LogP contribution in [0, 0.1) is 0 Å². The Hall–Kier alpha value is -1.27. The second-order valence-electron chi connectivity index (χ2n) is 5.15. The zero-order chi connectivity index (χ0) is 14.1. The third kappa shape index (κ3) is 4.40. The van der Waals surface area contributed by atoms with Crippen LogP contribution < -0.4 is 4.74 Å². The lowest BCUT2D eigenvalue weighted by Crippen LogP contribution is -2.29. The van der Waals surface area contributed by atoms with Gasteiger partial charge in [0.2, 0.25) is 0 Å². The molecule has 1 aliphatic heterocycles. The van der Waals surface area contributed by atoms with Gasteiger partial charge in [0, 0.05) is 19.6 Å². The minimum absolute atomic E-state index is 0.218. The molecule has 1 aromatic rings. The number of rotatable bonds is 3. The molecule has 0 saturated carbocycles. The van der Waals surface area contributed by atoms with Gasteiger partial charge in [0.25, 0.3) is 0 Å². The first kappa shape index (κ1) is 14.1. The number of aliphatic hydroxyl groups is 1. The molecule has 19 heavy (non-hydrogen) atoms. The molecule has 1 N–H and O–H groups in total. The average Bonchev–Trinajstić information content (AvgIpc) is 2.59. The molecule has 106 valence electrons. The molecule has 6 heteroatoms. The Morgan fingerprint density at radius 2 is 1.95 bits per heavy atom. The Morgan fingerprint density at radius 3 is 2.42 bits per heavy atom. The Balaban J connectivity index is 1.92. The van der Waals surface area contributed by atoms with Crippen molar-refractivity contribution < 1.29 is 23.0 Å². The highest BCUT2D eigenvalue weighted by molar-refractivity contribution is 5.27. The van der Waals surface area contributed by atoms with Gasteiger partial charge in [0.05, 0.1) is 5.60 Å². The molecular formula is C13H16F3NO2. The summed E-state index contributed by atoms with van der Waals surface area (Å²) in [5, 5.41) is 9.83. The molecule has 3 nitrogen and oxygen atoms in total. The van der Waals surface area contributed by atoms with Crippen LogP contribution in [0.4, 0.5) is 13.2 Å². The molecular weight excluding hydrogens is 259 g/mol. The molecule has 1 atom stereocenters. The van der Waals surface area contributed by atoms with Gasteiger partial charge in [-0.3, -0.25) is 4.90 Å². The summed E-state index contributed by atoms with van der Waals surface area (Å²) in [6.45, 7) is 3.76. The molecule has 1 aliphatic rings. The minimum atomic E-state index is -4.66. The predicted octanol–water partition coefficient (Wildman–Crippen LogP) is 2.54. The fourth-order valence-corrected chi connectivity index (χ4v) is 2.23. The number of hydrogen-bond donors (Lipinski definition) is 1. The zero-order valence-corrected chi connectivity index (χ0v) is 10.6. The van der Waals surface area contributed by atoms with E-state index >= 15 is 0 Å². The second-order valence-corrected chi connectivity index (χ2v) is 5.15. The van der Waals surface area contributed by atoms with Crippen molar-refractivity contribution in [3.63, 3.8) is 0 Å². The zero-order valence-electron chi connectivity index (χ0n) is 10.6. The van der Waals surface area contributed by atoms with Crippen molar-refractivity contribution in [2.45, 2.75) is 31.9 Å². The van der Waals surface area contributed by atoms with E-state index in [0.717, 1.165) is 12.1 Å². The first-order valence-electron chi connectivity index (χ1n) is 6.03. The number of ether oxygens (including phenoxy) is 1. The highest BCUT2D eigenvalue weighted by Crippen LogP contribution is 2.25. The Kier molecular flexibility index (Phi) is 3.73. The largest absolute Gasteiger partial charge is 0.573 e. The number of β-amino-alcohol motifs (C(OH)–C–C–N with tert-alkyl or cyclic N) is 1. The first-order valence-corrected chi connectivity index (χ1v) is 6.03. The van der Waals surface area contributed by atoms with Crippen molar-refractivity contribution in [3.05, 3.63) is 29.8 Å². The van der Waals surface area contributed by atoms with E-state index in [-0.39, 0.29) is 5.75 Å². The van der Waals surface area contributed by atoms with Gasteiger partial charge in [0.15, 0.2) is 0 Å². The maximum Gasteiger partial charge on any atom is 0.573 e. The van der Waals surface area contributed by atoms with Gasteiger partial charge in [-0.15, -0.1) is 13.2 Å². The summed E-state index contributed by atoms with van der Waals surface area (Å²) < 4.78 is 39.8. The van der Waals surface area contributed by atoms with Gasteiger partial charge in [0.1, 0.15) is 5.75 Å². The van der Waals surface area contributed by atoms with Crippen LogP contribution >= 0.6 is 0 Å². The van der Waals surface area contributed by atoms with Gasteiger partial charge < -0.3 is 9.84 Å². The Morgan fingerprint density at radius 1 is 1.32 bits per heavy atom. The Labute approximate surface area is 109 Å². The van der Waals surface area contributed by atoms with Crippen LogP contribution in [0.2, 0.25) is 0 Å². The molecule has 1 unspecified atom stereocenters. The van der Waals surface area contributed by atoms with E-state index < -0.39 is 12.0 Å². The lowest BCUT2D eigenvalue weighted by Gasteiger charge is -2.19. The smallest absolute Gasteiger partial charge is 0.406 e. The summed E-state index contributed by atoms with van der Waals surface area (Å²) in [5.41, 5.74) is 0.228. The standard InChI is InChI=1S/C13H16F3NO2/c1-12(18)6-7-17(9-12)8-10-2-4-11(5-3-10)19-13(14,15)16/h2-5,18H,6-9H2,1H3. The maximum absolute atomic E-state index is 12.0. The molecule has 1 saturated heterocycles. The fraction of sp³-hybridized carbons (Fsp3) is 0.538. The van der Waals surface area contributed by atoms with Crippen LogP contribution in [0.5, 0.6) is 5.75 Å². The molecule has 1 fully saturated rings. The average molecular weight is 275 g/mol. The lowest BCUT2D eigenvalue weighted by atomic mass is 10.1. The van der Waals surface area contributed by atoms with E-state index in [1.807, 2.05) is 0 Å². The summed E-state index contributed by atoms with van der Waals surface area (Å²) >= 11 is 0. The van der Waals surface area contributed by atoms with Gasteiger partial charge in [-0.25, -0.2) is 0 Å². The van der Waals surface area contributed by atoms with E-state index in [9.17, 15) is 18.3 Å². The highest BCUT2D eigenvalue weighted by atomic mass is 19.4. The number of benzene rings is 1. The fourth-order valence-electron chi connectivity index (χ4n) is 2.23. The van der Waals surface area contributed by atoms with Crippen molar-refractivity contribution in [2.75, 3.05) is 13.1 Å². The van der Waals surface area contributed by atoms with E-state index in [1.54, 1.807) is 19.1 Å². The number of alkyl halides is 3. The van der Waals surface area contributed by atoms with Gasteiger partial charge in [-0.05, 0) is 31.0 Å².